The molecule has 6 fully saturated rings. The highest BCUT2D eigenvalue weighted by Crippen LogP contribution is 2.44. The minimum atomic E-state index is -1.27. The standard InChI is InChI=1S/C54H90N8O11/c1-50(2,3)73-49(69)60-37-27-19-15-23-33(37)45(65)59-39-29-51(4,5)61(70)53(8,9)41(39)46(66)56-36-26-18-14-22-32(36)43(63)55-35-25-17-13-21-31(35)44(64)58-40-30-52(6,7)62(71)54(10,11)42(40)47(67)57-38-28-20-16-24-34(38)48(68)72-12/h31-42H,13-30H2,1-12H3,(H,55,63)(H,56,66)(H,57,67)(H,58,64)(H,59,65)(H,60,69)/t31-,32-,33-,34-,35-,36-,37-,38-,39-,40-,41-,42-/m0/s1. The predicted molar refractivity (Wildman–Crippen MR) is 270 cm³/mol. The van der Waals surface area contributed by atoms with Gasteiger partial charge in [0, 0.05) is 47.3 Å². The van der Waals surface area contributed by atoms with Gasteiger partial charge in [-0.3, -0.25) is 28.8 Å². The average molecular weight is 1030 g/mol. The molecule has 0 aromatic carbocycles. The van der Waals surface area contributed by atoms with Gasteiger partial charge in [0.1, 0.15) is 5.60 Å². The van der Waals surface area contributed by atoms with Crippen LogP contribution in [-0.2, 0) is 48.7 Å². The van der Waals surface area contributed by atoms with Gasteiger partial charge in [-0.1, -0.05) is 51.4 Å². The van der Waals surface area contributed by atoms with E-state index in [-0.39, 0.29) is 36.5 Å². The van der Waals surface area contributed by atoms with Crippen molar-refractivity contribution in [1.82, 2.24) is 42.0 Å². The van der Waals surface area contributed by atoms with Crippen LogP contribution >= 0.6 is 0 Å². The number of piperidine rings is 2. The summed E-state index contributed by atoms with van der Waals surface area (Å²) in [6, 6.07) is -3.52. The first-order chi connectivity index (χ1) is 34.0. The van der Waals surface area contributed by atoms with Crippen LogP contribution in [0.3, 0.4) is 0 Å². The Kier molecular flexibility index (Phi) is 18.4. The molecule has 0 aromatic rings. The van der Waals surface area contributed by atoms with Gasteiger partial charge in [0.15, 0.2) is 0 Å². The third-order valence-electron chi connectivity index (χ3n) is 17.4. The van der Waals surface area contributed by atoms with Crippen LogP contribution in [0.5, 0.6) is 0 Å². The summed E-state index contributed by atoms with van der Waals surface area (Å²) in [6.07, 6.45) is 10.5. The second-order valence-electron chi connectivity index (χ2n) is 25.8. The molecule has 6 aliphatic rings. The molecule has 19 heteroatoms. The second kappa shape index (κ2) is 23.0. The summed E-state index contributed by atoms with van der Waals surface area (Å²) >= 11 is 0. The largest absolute Gasteiger partial charge is 0.469 e. The number of alkyl carbamates (subject to hydrolysis) is 1. The predicted octanol–water partition coefficient (Wildman–Crippen LogP) is 5.69. The maximum atomic E-state index is 14.8. The zero-order valence-corrected chi connectivity index (χ0v) is 46.0. The van der Waals surface area contributed by atoms with Gasteiger partial charge in [-0.25, -0.2) is 4.79 Å². The zero-order chi connectivity index (χ0) is 54.0. The van der Waals surface area contributed by atoms with Gasteiger partial charge in [-0.05, 0) is 140 Å². The zero-order valence-electron chi connectivity index (χ0n) is 46.0. The van der Waals surface area contributed by atoms with E-state index in [9.17, 15) is 44.0 Å². The first kappa shape index (κ1) is 58.2. The first-order valence-corrected chi connectivity index (χ1v) is 27.5. The Morgan fingerprint density at radius 3 is 1.05 bits per heavy atom. The minimum Gasteiger partial charge on any atom is -0.469 e. The van der Waals surface area contributed by atoms with Crippen LogP contribution in [0.25, 0.3) is 0 Å². The van der Waals surface area contributed by atoms with E-state index in [0.29, 0.717) is 51.4 Å². The van der Waals surface area contributed by atoms with E-state index in [1.54, 1.807) is 76.2 Å². The number of nitrogens with zero attached hydrogens (tertiary/aromatic N) is 2. The molecule has 12 atom stereocenters. The maximum absolute atomic E-state index is 14.8. The minimum absolute atomic E-state index is 0.188. The number of hydrogen-bond donors (Lipinski definition) is 6. The number of hydrogen-bond acceptors (Lipinski definition) is 11. The van der Waals surface area contributed by atoms with Gasteiger partial charge in [-0.2, -0.15) is 0 Å². The van der Waals surface area contributed by atoms with Gasteiger partial charge in [0.05, 0.1) is 53.7 Å². The number of ether oxygens (including phenoxy) is 2. The number of methoxy groups -OCH3 is 1. The molecule has 2 aliphatic heterocycles. The van der Waals surface area contributed by atoms with Gasteiger partial charge < -0.3 is 41.4 Å². The van der Waals surface area contributed by atoms with Crippen molar-refractivity contribution in [3.05, 3.63) is 0 Å². The van der Waals surface area contributed by atoms with E-state index in [4.69, 9.17) is 9.47 Å². The number of rotatable bonds is 12. The molecule has 6 N–H and O–H groups in total. The summed E-state index contributed by atoms with van der Waals surface area (Å²) in [5.41, 5.74) is -5.09. The molecule has 4 aliphatic carbocycles. The Balaban J connectivity index is 1.16. The Hall–Kier alpha value is -4.07. The number of esters is 1. The number of hydroxylamine groups is 4. The lowest BCUT2D eigenvalue weighted by Crippen LogP contribution is -2.71. The topological polar surface area (TPSA) is 256 Å². The summed E-state index contributed by atoms with van der Waals surface area (Å²) in [6.45, 7) is 19.4. The Labute approximate surface area is 434 Å². The first-order valence-electron chi connectivity index (χ1n) is 27.5. The van der Waals surface area contributed by atoms with Crippen molar-refractivity contribution in [3.63, 3.8) is 0 Å². The molecule has 2 saturated heterocycles. The SMILES string of the molecule is COC(=O)[C@H]1CCCC[C@@H]1NC(=O)[C@@H]1[C@@H](NC(=O)[C@H]2CCCC[C@@H]2NC(=O)[C@H]2CCCC[C@@H]2NC(=O)[C@@H]2[C@@H](NC(=O)[C@H]3CCCC[C@@H]3NC(=O)OC(C)(C)C)CC(C)(C)N([O])C2(C)C)CC(C)(C)N([O])C1(C)C. The highest BCUT2D eigenvalue weighted by Gasteiger charge is 2.58. The lowest BCUT2D eigenvalue weighted by Gasteiger charge is -2.54. The second-order valence-corrected chi connectivity index (χ2v) is 25.8. The molecule has 412 valence electrons. The lowest BCUT2D eigenvalue weighted by atomic mass is 9.69. The molecule has 73 heavy (non-hydrogen) atoms. The number of carbonyl (C=O) groups is 7. The lowest BCUT2D eigenvalue weighted by molar-refractivity contribution is -0.301. The van der Waals surface area contributed by atoms with E-state index >= 15 is 0 Å². The van der Waals surface area contributed by atoms with Crippen molar-refractivity contribution < 1.29 is 53.4 Å². The van der Waals surface area contributed by atoms with Crippen molar-refractivity contribution in [3.8, 4) is 0 Å². The molecule has 4 saturated carbocycles. The quantitative estimate of drug-likeness (QED) is 0.130. The average Bonchev–Trinajstić information content (AvgIpc) is 3.29. The van der Waals surface area contributed by atoms with Crippen molar-refractivity contribution in [2.75, 3.05) is 7.11 Å². The number of nitrogens with one attached hydrogen (secondary N) is 6. The van der Waals surface area contributed by atoms with E-state index < -0.39 is 117 Å². The third-order valence-corrected chi connectivity index (χ3v) is 17.4. The third kappa shape index (κ3) is 13.3. The smallest absolute Gasteiger partial charge is 0.407 e. The summed E-state index contributed by atoms with van der Waals surface area (Å²) < 4.78 is 10.6. The summed E-state index contributed by atoms with van der Waals surface area (Å²) in [5.74, 6) is -6.41. The summed E-state index contributed by atoms with van der Waals surface area (Å²) in [7, 11) is 1.33. The van der Waals surface area contributed by atoms with E-state index in [1.165, 1.54) is 7.11 Å². The van der Waals surface area contributed by atoms with Crippen molar-refractivity contribution in [2.24, 2.45) is 35.5 Å². The summed E-state index contributed by atoms with van der Waals surface area (Å²) in [5, 5.41) is 48.8. The molecule has 0 unspecified atom stereocenters. The molecule has 6 rings (SSSR count). The Morgan fingerprint density at radius 1 is 0.425 bits per heavy atom. The van der Waals surface area contributed by atoms with E-state index in [0.717, 1.165) is 61.5 Å². The normalized spacial score (nSPS) is 34.4. The molecule has 2 heterocycles. The van der Waals surface area contributed by atoms with Gasteiger partial charge in [0.2, 0.25) is 29.5 Å². The van der Waals surface area contributed by atoms with E-state index in [2.05, 4.69) is 31.9 Å². The van der Waals surface area contributed by atoms with Crippen LogP contribution in [0.1, 0.15) is 192 Å². The highest BCUT2D eigenvalue weighted by atomic mass is 16.6. The van der Waals surface area contributed by atoms with Crippen LogP contribution in [0.15, 0.2) is 0 Å². The molecule has 2 radical (unpaired) electrons. The Morgan fingerprint density at radius 2 is 0.712 bits per heavy atom. The van der Waals surface area contributed by atoms with Crippen LogP contribution in [0.2, 0.25) is 0 Å². The van der Waals surface area contributed by atoms with Gasteiger partial charge in [0.25, 0.3) is 0 Å². The van der Waals surface area contributed by atoms with Crippen molar-refractivity contribution >= 4 is 41.6 Å². The van der Waals surface area contributed by atoms with Crippen LogP contribution in [0, 0.1) is 35.5 Å². The number of carbonyl (C=O) groups excluding carboxylic acids is 7. The van der Waals surface area contributed by atoms with Gasteiger partial charge >= 0.3 is 12.1 Å². The van der Waals surface area contributed by atoms with Crippen LogP contribution in [-0.4, -0.2) is 123 Å². The monoisotopic (exact) mass is 1030 g/mol. The molecule has 0 aromatic heterocycles. The fourth-order valence-corrected chi connectivity index (χ4v) is 14.0. The fraction of sp³-hybridized carbons (Fsp3) is 0.870. The van der Waals surface area contributed by atoms with E-state index in [1.807, 2.05) is 0 Å². The molecule has 19 nitrogen and oxygen atoms in total. The Bertz CT molecular complexity index is 2020. The fourth-order valence-electron chi connectivity index (χ4n) is 14.0. The number of amides is 6. The molecular weight excluding hydrogens is 937 g/mol. The van der Waals surface area contributed by atoms with Crippen LogP contribution in [0.4, 0.5) is 4.79 Å². The molecular formula is C54H90N8O11. The van der Waals surface area contributed by atoms with Crippen molar-refractivity contribution in [1.29, 1.82) is 0 Å². The maximum Gasteiger partial charge on any atom is 0.407 e. The molecule has 6 amide bonds. The summed E-state index contributed by atoms with van der Waals surface area (Å²) in [4.78, 5) is 98.4. The molecule has 0 bridgehead atoms. The van der Waals surface area contributed by atoms with Crippen molar-refractivity contribution in [2.45, 2.75) is 256 Å². The molecule has 0 spiro atoms. The van der Waals surface area contributed by atoms with Crippen LogP contribution < -0.4 is 31.9 Å². The highest BCUT2D eigenvalue weighted by molar-refractivity contribution is 5.88. The van der Waals surface area contributed by atoms with Gasteiger partial charge in [-0.15, -0.1) is 20.5 Å².